The molecule has 8 heteroatoms. The fourth-order valence-corrected chi connectivity index (χ4v) is 4.03. The lowest BCUT2D eigenvalue weighted by Gasteiger charge is -2.22. The Morgan fingerprint density at radius 3 is 2.83 bits per heavy atom. The molecule has 4 aromatic rings. The standard InChI is InChI=1S/C22H19ClN4O2S/c1-2-29-17-5-6-19-15(11-17)10-16(21(23)26-19)13-27(14-18-4-3-9-30-18)22(28)20-12-24-7-8-25-20/h3-12H,2,13-14H2,1H3. The molecule has 1 aromatic carbocycles. The molecular formula is C22H19ClN4O2S. The first-order valence-corrected chi connectivity index (χ1v) is 10.7. The lowest BCUT2D eigenvalue weighted by Crippen LogP contribution is -2.30. The number of ether oxygens (including phenoxy) is 1. The van der Waals surface area contributed by atoms with Crippen LogP contribution in [-0.4, -0.2) is 32.4 Å². The molecule has 0 atom stereocenters. The number of nitrogens with zero attached hydrogens (tertiary/aromatic N) is 4. The summed E-state index contributed by atoms with van der Waals surface area (Å²) in [7, 11) is 0. The number of halogens is 1. The van der Waals surface area contributed by atoms with Crippen molar-refractivity contribution >= 4 is 39.7 Å². The van der Waals surface area contributed by atoms with Crippen LogP contribution in [0.4, 0.5) is 0 Å². The predicted octanol–water partition coefficient (Wildman–Crippen LogP) is 4.98. The molecule has 0 saturated carbocycles. The minimum Gasteiger partial charge on any atom is -0.494 e. The highest BCUT2D eigenvalue weighted by molar-refractivity contribution is 7.09. The van der Waals surface area contributed by atoms with Crippen LogP contribution < -0.4 is 4.74 Å². The number of fused-ring (bicyclic) bond motifs is 1. The van der Waals surface area contributed by atoms with Crippen molar-refractivity contribution in [3.63, 3.8) is 0 Å². The number of thiophene rings is 1. The molecule has 152 valence electrons. The number of hydrogen-bond acceptors (Lipinski definition) is 6. The minimum absolute atomic E-state index is 0.212. The Morgan fingerprint density at radius 2 is 2.10 bits per heavy atom. The van der Waals surface area contributed by atoms with Gasteiger partial charge in [0.05, 0.1) is 24.9 Å². The minimum atomic E-state index is -0.212. The van der Waals surface area contributed by atoms with E-state index in [4.69, 9.17) is 16.3 Å². The van der Waals surface area contributed by atoms with E-state index in [0.29, 0.717) is 24.8 Å². The quantitative estimate of drug-likeness (QED) is 0.380. The van der Waals surface area contributed by atoms with E-state index in [9.17, 15) is 4.79 Å². The van der Waals surface area contributed by atoms with Gasteiger partial charge in [-0.05, 0) is 42.6 Å². The highest BCUT2D eigenvalue weighted by atomic mass is 35.5. The van der Waals surface area contributed by atoms with Crippen LogP contribution in [0.5, 0.6) is 5.75 Å². The summed E-state index contributed by atoms with van der Waals surface area (Å²) in [6.07, 6.45) is 4.52. The summed E-state index contributed by atoms with van der Waals surface area (Å²) in [6, 6.07) is 11.6. The lowest BCUT2D eigenvalue weighted by molar-refractivity contribution is 0.0725. The number of aromatic nitrogens is 3. The van der Waals surface area contributed by atoms with Gasteiger partial charge in [0.15, 0.2) is 0 Å². The van der Waals surface area contributed by atoms with E-state index >= 15 is 0 Å². The third kappa shape index (κ3) is 4.58. The van der Waals surface area contributed by atoms with E-state index in [1.54, 1.807) is 22.4 Å². The molecule has 0 saturated heterocycles. The molecular weight excluding hydrogens is 420 g/mol. The molecule has 0 aliphatic carbocycles. The van der Waals surface area contributed by atoms with Gasteiger partial charge in [0.25, 0.3) is 5.91 Å². The number of amides is 1. The maximum atomic E-state index is 13.1. The molecule has 1 amide bonds. The van der Waals surface area contributed by atoms with Crippen molar-refractivity contribution in [1.29, 1.82) is 0 Å². The van der Waals surface area contributed by atoms with Crippen LogP contribution in [-0.2, 0) is 13.1 Å². The Balaban J connectivity index is 1.68. The molecule has 4 rings (SSSR count). The summed E-state index contributed by atoms with van der Waals surface area (Å²) < 4.78 is 5.59. The van der Waals surface area contributed by atoms with Crippen molar-refractivity contribution in [3.05, 3.63) is 81.7 Å². The van der Waals surface area contributed by atoms with E-state index in [0.717, 1.165) is 27.1 Å². The largest absolute Gasteiger partial charge is 0.494 e. The monoisotopic (exact) mass is 438 g/mol. The normalized spacial score (nSPS) is 10.9. The molecule has 0 unspecified atom stereocenters. The molecule has 0 spiro atoms. The van der Waals surface area contributed by atoms with Crippen molar-refractivity contribution in [2.75, 3.05) is 6.61 Å². The van der Waals surface area contributed by atoms with Crippen molar-refractivity contribution in [2.24, 2.45) is 0 Å². The fourth-order valence-electron chi connectivity index (χ4n) is 3.11. The van der Waals surface area contributed by atoms with Crippen molar-refractivity contribution < 1.29 is 9.53 Å². The van der Waals surface area contributed by atoms with Gasteiger partial charge in [-0.2, -0.15) is 0 Å². The molecule has 0 radical (unpaired) electrons. The summed E-state index contributed by atoms with van der Waals surface area (Å²) in [5.74, 6) is 0.557. The van der Waals surface area contributed by atoms with E-state index in [2.05, 4.69) is 15.0 Å². The highest BCUT2D eigenvalue weighted by Gasteiger charge is 2.20. The molecule has 0 N–H and O–H groups in total. The first-order chi connectivity index (χ1) is 14.6. The number of rotatable bonds is 7. The van der Waals surface area contributed by atoms with Gasteiger partial charge in [-0.3, -0.25) is 9.78 Å². The molecule has 3 aromatic heterocycles. The third-order valence-electron chi connectivity index (χ3n) is 4.48. The van der Waals surface area contributed by atoms with E-state index in [1.165, 1.54) is 12.4 Å². The lowest BCUT2D eigenvalue weighted by atomic mass is 10.1. The average molecular weight is 439 g/mol. The SMILES string of the molecule is CCOc1ccc2nc(Cl)c(CN(Cc3cccs3)C(=O)c3cnccn3)cc2c1. The molecule has 6 nitrogen and oxygen atoms in total. The Bertz CT molecular complexity index is 1150. The van der Waals surface area contributed by atoms with Crippen molar-refractivity contribution in [2.45, 2.75) is 20.0 Å². The van der Waals surface area contributed by atoms with Gasteiger partial charge in [-0.15, -0.1) is 11.3 Å². The maximum absolute atomic E-state index is 13.1. The van der Waals surface area contributed by atoms with Gasteiger partial charge in [-0.1, -0.05) is 17.7 Å². The number of benzene rings is 1. The summed E-state index contributed by atoms with van der Waals surface area (Å²) >= 11 is 8.07. The highest BCUT2D eigenvalue weighted by Crippen LogP contribution is 2.26. The topological polar surface area (TPSA) is 68.2 Å². The zero-order valence-electron chi connectivity index (χ0n) is 16.3. The second-order valence-electron chi connectivity index (χ2n) is 6.56. The van der Waals surface area contributed by atoms with Crippen LogP contribution >= 0.6 is 22.9 Å². The fraction of sp³-hybridized carbons (Fsp3) is 0.182. The van der Waals surface area contributed by atoms with Crippen LogP contribution in [0.25, 0.3) is 10.9 Å². The van der Waals surface area contributed by atoms with Crippen LogP contribution in [0.2, 0.25) is 5.15 Å². The van der Waals surface area contributed by atoms with Gasteiger partial charge in [-0.25, -0.2) is 9.97 Å². The second kappa shape index (κ2) is 9.19. The van der Waals surface area contributed by atoms with Crippen LogP contribution in [0, 0.1) is 0 Å². The Morgan fingerprint density at radius 1 is 1.20 bits per heavy atom. The smallest absolute Gasteiger partial charge is 0.274 e. The first-order valence-electron chi connectivity index (χ1n) is 9.43. The van der Waals surface area contributed by atoms with Crippen LogP contribution in [0.1, 0.15) is 27.9 Å². The Kier molecular flexibility index (Phi) is 6.21. The zero-order chi connectivity index (χ0) is 20.9. The summed E-state index contributed by atoms with van der Waals surface area (Å²) in [4.78, 5) is 28.6. The zero-order valence-corrected chi connectivity index (χ0v) is 17.9. The number of hydrogen-bond donors (Lipinski definition) is 0. The average Bonchev–Trinajstić information content (AvgIpc) is 3.27. The van der Waals surface area contributed by atoms with Gasteiger partial charge < -0.3 is 9.64 Å². The Hall–Kier alpha value is -3.03. The van der Waals surface area contributed by atoms with E-state index < -0.39 is 0 Å². The van der Waals surface area contributed by atoms with Gasteiger partial charge in [0.2, 0.25) is 0 Å². The number of carbonyl (C=O) groups excluding carboxylic acids is 1. The predicted molar refractivity (Wildman–Crippen MR) is 118 cm³/mol. The third-order valence-corrected chi connectivity index (χ3v) is 5.67. The Labute approximate surface area is 183 Å². The summed E-state index contributed by atoms with van der Waals surface area (Å²) in [5.41, 5.74) is 1.82. The van der Waals surface area contributed by atoms with E-state index in [-0.39, 0.29) is 11.6 Å². The summed E-state index contributed by atoms with van der Waals surface area (Å²) in [5, 5.41) is 3.26. The van der Waals surface area contributed by atoms with Crippen LogP contribution in [0.3, 0.4) is 0 Å². The van der Waals surface area contributed by atoms with Gasteiger partial charge >= 0.3 is 0 Å². The van der Waals surface area contributed by atoms with Crippen LogP contribution in [0.15, 0.2) is 60.4 Å². The molecule has 30 heavy (non-hydrogen) atoms. The molecule has 0 aliphatic rings. The van der Waals surface area contributed by atoms with Crippen molar-refractivity contribution in [3.8, 4) is 5.75 Å². The summed E-state index contributed by atoms with van der Waals surface area (Å²) in [6.45, 7) is 3.27. The second-order valence-corrected chi connectivity index (χ2v) is 7.95. The van der Waals surface area contributed by atoms with E-state index in [1.807, 2.05) is 48.7 Å². The number of carbonyl (C=O) groups is 1. The number of pyridine rings is 1. The molecule has 0 fully saturated rings. The van der Waals surface area contributed by atoms with Gasteiger partial charge in [0.1, 0.15) is 16.6 Å². The molecule has 3 heterocycles. The van der Waals surface area contributed by atoms with Gasteiger partial charge in [0, 0.05) is 34.8 Å². The maximum Gasteiger partial charge on any atom is 0.274 e. The molecule has 0 bridgehead atoms. The first kappa shape index (κ1) is 20.3. The molecule has 0 aliphatic heterocycles. The van der Waals surface area contributed by atoms with Crippen molar-refractivity contribution in [1.82, 2.24) is 19.9 Å².